The topological polar surface area (TPSA) is 81.2 Å². The summed E-state index contributed by atoms with van der Waals surface area (Å²) in [4.78, 5) is 40.0. The maximum absolute atomic E-state index is 13.9. The standard InChI is InChI=1S/C17H21F2N3O4/c1-20(2)5-6-21(10-16(24)25)17(26)11-7-15(23)22(9-11)14-4-3-12(18)8-13(14)19/h3-4,8,11H,5-7,9-10H2,1-2H3,(H,24,25)/t11-/m1/s1. The molecule has 1 fully saturated rings. The molecule has 0 unspecified atom stereocenters. The molecule has 2 rings (SSSR count). The monoisotopic (exact) mass is 369 g/mol. The van der Waals surface area contributed by atoms with Crippen molar-refractivity contribution < 1.29 is 28.3 Å². The molecule has 142 valence electrons. The van der Waals surface area contributed by atoms with E-state index in [-0.39, 0.29) is 25.2 Å². The number of carboxylic acid groups (broad SMARTS) is 1. The van der Waals surface area contributed by atoms with E-state index in [1.165, 1.54) is 4.90 Å². The molecule has 0 bridgehead atoms. The fourth-order valence-corrected chi connectivity index (χ4v) is 2.82. The molecule has 0 aromatic heterocycles. The van der Waals surface area contributed by atoms with Crippen LogP contribution in [0.2, 0.25) is 0 Å². The van der Waals surface area contributed by atoms with E-state index in [9.17, 15) is 23.2 Å². The maximum Gasteiger partial charge on any atom is 0.323 e. The number of carbonyl (C=O) groups is 3. The number of hydrogen-bond acceptors (Lipinski definition) is 4. The minimum Gasteiger partial charge on any atom is -0.480 e. The molecule has 1 aliphatic rings. The molecule has 7 nitrogen and oxygen atoms in total. The SMILES string of the molecule is CN(C)CCN(CC(=O)O)C(=O)[C@@H]1CC(=O)N(c2ccc(F)cc2F)C1. The largest absolute Gasteiger partial charge is 0.480 e. The number of halogens is 2. The summed E-state index contributed by atoms with van der Waals surface area (Å²) >= 11 is 0. The molecule has 1 saturated heterocycles. The van der Waals surface area contributed by atoms with Crippen molar-refractivity contribution in [3.63, 3.8) is 0 Å². The van der Waals surface area contributed by atoms with Crippen LogP contribution in [0.1, 0.15) is 6.42 Å². The highest BCUT2D eigenvalue weighted by Gasteiger charge is 2.38. The number of aliphatic carboxylic acids is 1. The number of benzene rings is 1. The first-order valence-electron chi connectivity index (χ1n) is 8.09. The van der Waals surface area contributed by atoms with Gasteiger partial charge in [-0.3, -0.25) is 14.4 Å². The number of amides is 2. The minimum absolute atomic E-state index is 0.0711. The van der Waals surface area contributed by atoms with Crippen molar-refractivity contribution in [2.45, 2.75) is 6.42 Å². The van der Waals surface area contributed by atoms with Gasteiger partial charge in [-0.1, -0.05) is 0 Å². The fourth-order valence-electron chi connectivity index (χ4n) is 2.82. The van der Waals surface area contributed by atoms with Crippen molar-refractivity contribution in [1.82, 2.24) is 9.80 Å². The Balaban J connectivity index is 2.13. The first-order valence-corrected chi connectivity index (χ1v) is 8.09. The molecule has 1 heterocycles. The molecule has 0 aliphatic carbocycles. The van der Waals surface area contributed by atoms with Crippen molar-refractivity contribution in [1.29, 1.82) is 0 Å². The smallest absolute Gasteiger partial charge is 0.323 e. The van der Waals surface area contributed by atoms with Crippen molar-refractivity contribution in [2.24, 2.45) is 5.92 Å². The second-order valence-corrected chi connectivity index (χ2v) is 6.46. The van der Waals surface area contributed by atoms with Gasteiger partial charge in [-0.15, -0.1) is 0 Å². The molecular weight excluding hydrogens is 348 g/mol. The molecular formula is C17H21F2N3O4. The van der Waals surface area contributed by atoms with Crippen LogP contribution in [-0.4, -0.2) is 73.0 Å². The third-order valence-corrected chi connectivity index (χ3v) is 4.13. The highest BCUT2D eigenvalue weighted by molar-refractivity contribution is 6.00. The van der Waals surface area contributed by atoms with Gasteiger partial charge in [0, 0.05) is 32.1 Å². The second-order valence-electron chi connectivity index (χ2n) is 6.46. The van der Waals surface area contributed by atoms with Crippen LogP contribution in [0.3, 0.4) is 0 Å². The van der Waals surface area contributed by atoms with Crippen LogP contribution >= 0.6 is 0 Å². The molecule has 2 amide bonds. The normalized spacial score (nSPS) is 17.0. The highest BCUT2D eigenvalue weighted by Crippen LogP contribution is 2.28. The summed E-state index contributed by atoms with van der Waals surface area (Å²) in [5.74, 6) is -4.50. The van der Waals surface area contributed by atoms with Gasteiger partial charge in [0.05, 0.1) is 11.6 Å². The molecule has 0 saturated carbocycles. The Morgan fingerprint density at radius 2 is 1.96 bits per heavy atom. The quantitative estimate of drug-likeness (QED) is 0.769. The van der Waals surface area contributed by atoms with Crippen molar-refractivity contribution in [3.8, 4) is 0 Å². The minimum atomic E-state index is -1.15. The zero-order chi connectivity index (χ0) is 19.4. The first-order chi connectivity index (χ1) is 12.2. The van der Waals surface area contributed by atoms with E-state index >= 15 is 0 Å². The number of carboxylic acids is 1. The summed E-state index contributed by atoms with van der Waals surface area (Å²) in [7, 11) is 3.59. The lowest BCUT2D eigenvalue weighted by Gasteiger charge is -2.25. The van der Waals surface area contributed by atoms with E-state index in [2.05, 4.69) is 0 Å². The van der Waals surface area contributed by atoms with Crippen LogP contribution in [0, 0.1) is 17.6 Å². The lowest BCUT2D eigenvalue weighted by molar-refractivity contribution is -0.146. The van der Waals surface area contributed by atoms with Crippen molar-refractivity contribution in [3.05, 3.63) is 29.8 Å². The highest BCUT2D eigenvalue weighted by atomic mass is 19.1. The van der Waals surface area contributed by atoms with E-state index in [0.29, 0.717) is 12.6 Å². The van der Waals surface area contributed by atoms with Gasteiger partial charge in [-0.05, 0) is 26.2 Å². The molecule has 9 heteroatoms. The number of hydrogen-bond donors (Lipinski definition) is 1. The summed E-state index contributed by atoms with van der Waals surface area (Å²) in [6.45, 7) is 0.129. The molecule has 26 heavy (non-hydrogen) atoms. The molecule has 0 spiro atoms. The Hall–Kier alpha value is -2.55. The molecule has 0 radical (unpaired) electrons. The summed E-state index contributed by atoms with van der Waals surface area (Å²) in [5.41, 5.74) is -0.0928. The van der Waals surface area contributed by atoms with Crippen LogP contribution in [0.25, 0.3) is 0 Å². The van der Waals surface area contributed by atoms with Crippen molar-refractivity contribution >= 4 is 23.5 Å². The van der Waals surface area contributed by atoms with Gasteiger partial charge >= 0.3 is 5.97 Å². The Bertz CT molecular complexity index is 711. The van der Waals surface area contributed by atoms with E-state index in [0.717, 1.165) is 17.0 Å². The van der Waals surface area contributed by atoms with Gasteiger partial charge in [0.25, 0.3) is 0 Å². The third kappa shape index (κ3) is 4.75. The van der Waals surface area contributed by atoms with Gasteiger partial charge in [0.2, 0.25) is 11.8 Å². The van der Waals surface area contributed by atoms with Crippen LogP contribution in [0.4, 0.5) is 14.5 Å². The van der Waals surface area contributed by atoms with Gasteiger partial charge in [0.1, 0.15) is 18.2 Å². The van der Waals surface area contributed by atoms with Crippen LogP contribution in [0.5, 0.6) is 0 Å². The Kier molecular flexibility index (Phi) is 6.25. The number of anilines is 1. The van der Waals surface area contributed by atoms with Gasteiger partial charge in [0.15, 0.2) is 0 Å². The van der Waals surface area contributed by atoms with Crippen LogP contribution < -0.4 is 4.90 Å². The van der Waals surface area contributed by atoms with Crippen LogP contribution in [0.15, 0.2) is 18.2 Å². The van der Waals surface area contributed by atoms with E-state index in [1.54, 1.807) is 14.1 Å². The lowest BCUT2D eigenvalue weighted by Crippen LogP contribution is -2.43. The maximum atomic E-state index is 13.9. The third-order valence-electron chi connectivity index (χ3n) is 4.13. The average Bonchev–Trinajstić information content (AvgIpc) is 2.92. The number of rotatable bonds is 7. The van der Waals surface area contributed by atoms with E-state index in [1.807, 2.05) is 4.90 Å². The summed E-state index contributed by atoms with van der Waals surface area (Å²) in [5, 5.41) is 9.02. The predicted octanol–water partition coefficient (Wildman–Crippen LogP) is 0.793. The molecule has 1 aromatic rings. The van der Waals surface area contributed by atoms with Gasteiger partial charge in [-0.2, -0.15) is 0 Å². The number of nitrogens with zero attached hydrogens (tertiary/aromatic N) is 3. The molecule has 1 aliphatic heterocycles. The fraction of sp³-hybridized carbons (Fsp3) is 0.471. The number of likely N-dealkylation sites (N-methyl/N-ethyl adjacent to an activating group) is 1. The zero-order valence-corrected chi connectivity index (χ0v) is 14.6. The van der Waals surface area contributed by atoms with Gasteiger partial charge < -0.3 is 19.8 Å². The molecule has 1 atom stereocenters. The Labute approximate surface area is 149 Å². The Morgan fingerprint density at radius 3 is 2.54 bits per heavy atom. The average molecular weight is 369 g/mol. The Morgan fingerprint density at radius 1 is 1.27 bits per heavy atom. The number of carbonyl (C=O) groups excluding carboxylic acids is 2. The van der Waals surface area contributed by atoms with E-state index < -0.39 is 41.9 Å². The summed E-state index contributed by atoms with van der Waals surface area (Å²) in [6, 6.07) is 2.86. The summed E-state index contributed by atoms with van der Waals surface area (Å²) < 4.78 is 27.0. The predicted molar refractivity (Wildman–Crippen MR) is 89.6 cm³/mol. The summed E-state index contributed by atoms with van der Waals surface area (Å²) in [6.07, 6.45) is -0.145. The van der Waals surface area contributed by atoms with Crippen LogP contribution in [-0.2, 0) is 14.4 Å². The van der Waals surface area contributed by atoms with Gasteiger partial charge in [-0.25, -0.2) is 8.78 Å². The molecule has 1 aromatic carbocycles. The first kappa shape index (κ1) is 19.8. The lowest BCUT2D eigenvalue weighted by atomic mass is 10.1. The van der Waals surface area contributed by atoms with E-state index in [4.69, 9.17) is 5.11 Å². The zero-order valence-electron chi connectivity index (χ0n) is 14.6. The van der Waals surface area contributed by atoms with Crippen molar-refractivity contribution in [2.75, 3.05) is 45.2 Å². The second kappa shape index (κ2) is 8.22. The molecule has 1 N–H and O–H groups in total.